The second-order valence-electron chi connectivity index (χ2n) is 6.86. The van der Waals surface area contributed by atoms with E-state index in [1.165, 1.54) is 0 Å². The normalized spacial score (nSPS) is 16.4. The maximum Gasteiger partial charge on any atom is 0.258 e. The zero-order valence-corrected chi connectivity index (χ0v) is 16.0. The van der Waals surface area contributed by atoms with Gasteiger partial charge in [0.15, 0.2) is 0 Å². The number of aromatic amines is 1. The van der Waals surface area contributed by atoms with Crippen molar-refractivity contribution in [2.45, 2.75) is 25.5 Å². The van der Waals surface area contributed by atoms with Gasteiger partial charge in [-0.3, -0.25) is 9.59 Å². The minimum atomic E-state index is -0.215. The van der Waals surface area contributed by atoms with E-state index < -0.39 is 0 Å². The third kappa shape index (κ3) is 4.08. The number of hydrogen-bond donors (Lipinski definition) is 1. The predicted octanol–water partition coefficient (Wildman–Crippen LogP) is 3.40. The molecule has 2 heterocycles. The number of ether oxygens (including phenoxy) is 1. The lowest BCUT2D eigenvalue weighted by molar-refractivity contribution is 0.0501. The number of nitrogens with zero attached hydrogens (tertiary/aromatic N) is 2. The lowest BCUT2D eigenvalue weighted by atomic mass is 10.1. The molecular formula is C21H20ClN3O3. The molecule has 0 radical (unpaired) electrons. The highest BCUT2D eigenvalue weighted by Gasteiger charge is 2.24. The minimum Gasteiger partial charge on any atom is -0.376 e. The molecule has 1 unspecified atom stereocenters. The first-order chi connectivity index (χ1) is 13.6. The van der Waals surface area contributed by atoms with Gasteiger partial charge < -0.3 is 14.6 Å². The van der Waals surface area contributed by atoms with Crippen LogP contribution in [0.3, 0.4) is 0 Å². The average molecular weight is 398 g/mol. The fourth-order valence-corrected chi connectivity index (χ4v) is 3.64. The molecular weight excluding hydrogens is 378 g/mol. The Hall–Kier alpha value is -2.70. The molecule has 7 heteroatoms. The molecule has 28 heavy (non-hydrogen) atoms. The van der Waals surface area contributed by atoms with Gasteiger partial charge >= 0.3 is 0 Å². The molecule has 0 saturated carbocycles. The first-order valence-corrected chi connectivity index (χ1v) is 9.62. The van der Waals surface area contributed by atoms with Crippen molar-refractivity contribution in [2.75, 3.05) is 13.2 Å². The summed E-state index contributed by atoms with van der Waals surface area (Å²) in [6, 6.07) is 14.0. The van der Waals surface area contributed by atoms with Gasteiger partial charge in [-0.2, -0.15) is 0 Å². The third-order valence-corrected chi connectivity index (χ3v) is 5.04. The Kier molecular flexibility index (Phi) is 5.41. The Bertz CT molecular complexity index is 1060. The Morgan fingerprint density at radius 1 is 1.25 bits per heavy atom. The van der Waals surface area contributed by atoms with Gasteiger partial charge in [-0.1, -0.05) is 29.8 Å². The molecule has 2 aromatic carbocycles. The van der Waals surface area contributed by atoms with Crippen LogP contribution in [0.2, 0.25) is 5.02 Å². The van der Waals surface area contributed by atoms with Crippen molar-refractivity contribution in [3.8, 4) is 0 Å². The third-order valence-electron chi connectivity index (χ3n) is 4.81. The maximum absolute atomic E-state index is 13.1. The standard InChI is InChI=1S/C21H20ClN3O3/c22-15-6-3-5-14(11-15)21(27)25(12-16-7-4-10-28-16)13-19-23-18-9-2-1-8-17(18)20(26)24-19/h1-3,5-6,8-9,11,16H,4,7,10,12-13H2,(H,23,24,26). The van der Waals surface area contributed by atoms with E-state index in [4.69, 9.17) is 16.3 Å². The molecule has 1 aliphatic heterocycles. The van der Waals surface area contributed by atoms with Gasteiger partial charge in [-0.05, 0) is 43.2 Å². The molecule has 1 aliphatic rings. The molecule has 3 aromatic rings. The number of H-pyrrole nitrogens is 1. The molecule has 1 amide bonds. The van der Waals surface area contributed by atoms with Crippen molar-refractivity contribution in [3.63, 3.8) is 0 Å². The molecule has 4 rings (SSSR count). The highest BCUT2D eigenvalue weighted by molar-refractivity contribution is 6.30. The van der Waals surface area contributed by atoms with Crippen molar-refractivity contribution in [1.29, 1.82) is 0 Å². The number of hydrogen-bond acceptors (Lipinski definition) is 4. The van der Waals surface area contributed by atoms with Crippen molar-refractivity contribution < 1.29 is 9.53 Å². The molecule has 1 fully saturated rings. The van der Waals surface area contributed by atoms with Gasteiger partial charge in [-0.25, -0.2) is 4.98 Å². The Morgan fingerprint density at radius 2 is 2.11 bits per heavy atom. The zero-order chi connectivity index (χ0) is 19.5. The number of fused-ring (bicyclic) bond motifs is 1. The summed E-state index contributed by atoms with van der Waals surface area (Å²) >= 11 is 6.05. The summed E-state index contributed by atoms with van der Waals surface area (Å²) in [6.45, 7) is 1.32. The van der Waals surface area contributed by atoms with Crippen molar-refractivity contribution in [1.82, 2.24) is 14.9 Å². The van der Waals surface area contributed by atoms with Gasteiger partial charge in [0.1, 0.15) is 5.82 Å². The van der Waals surface area contributed by atoms with Gasteiger partial charge in [0, 0.05) is 23.7 Å². The van der Waals surface area contributed by atoms with Crippen LogP contribution in [-0.2, 0) is 11.3 Å². The van der Waals surface area contributed by atoms with Crippen LogP contribution in [0.25, 0.3) is 10.9 Å². The van der Waals surface area contributed by atoms with Gasteiger partial charge in [0.25, 0.3) is 11.5 Å². The first kappa shape index (κ1) is 18.7. The zero-order valence-electron chi connectivity index (χ0n) is 15.2. The Balaban J connectivity index is 1.65. The van der Waals surface area contributed by atoms with Gasteiger partial charge in [0.05, 0.1) is 23.6 Å². The summed E-state index contributed by atoms with van der Waals surface area (Å²) in [5, 5.41) is 1.03. The van der Waals surface area contributed by atoms with Gasteiger partial charge in [-0.15, -0.1) is 0 Å². The highest BCUT2D eigenvalue weighted by Crippen LogP contribution is 2.18. The van der Waals surface area contributed by atoms with Crippen LogP contribution in [-0.4, -0.2) is 40.0 Å². The van der Waals surface area contributed by atoms with E-state index >= 15 is 0 Å². The molecule has 6 nitrogen and oxygen atoms in total. The second kappa shape index (κ2) is 8.12. The number of para-hydroxylation sites is 1. The smallest absolute Gasteiger partial charge is 0.258 e. The summed E-state index contributed by atoms with van der Waals surface area (Å²) in [5.74, 6) is 0.269. The lowest BCUT2D eigenvalue weighted by Crippen LogP contribution is -2.37. The summed E-state index contributed by atoms with van der Waals surface area (Å²) in [5.41, 5.74) is 0.884. The van der Waals surface area contributed by atoms with Crippen LogP contribution >= 0.6 is 11.6 Å². The summed E-state index contributed by atoms with van der Waals surface area (Å²) < 4.78 is 5.71. The number of aromatic nitrogens is 2. The highest BCUT2D eigenvalue weighted by atomic mass is 35.5. The average Bonchev–Trinajstić information content (AvgIpc) is 3.20. The van der Waals surface area contributed by atoms with E-state index in [0.717, 1.165) is 12.8 Å². The fourth-order valence-electron chi connectivity index (χ4n) is 3.45. The van der Waals surface area contributed by atoms with E-state index in [2.05, 4.69) is 9.97 Å². The van der Waals surface area contributed by atoms with Crippen LogP contribution in [0.5, 0.6) is 0 Å². The number of carbonyl (C=O) groups excluding carboxylic acids is 1. The number of rotatable bonds is 5. The van der Waals surface area contributed by atoms with Crippen LogP contribution in [0, 0.1) is 0 Å². The summed E-state index contributed by atoms with van der Waals surface area (Å²) in [6.07, 6.45) is 1.87. The number of halogens is 1. The molecule has 1 N–H and O–H groups in total. The summed E-state index contributed by atoms with van der Waals surface area (Å²) in [7, 11) is 0. The van der Waals surface area contributed by atoms with E-state index in [-0.39, 0.29) is 24.1 Å². The second-order valence-corrected chi connectivity index (χ2v) is 7.30. The molecule has 144 valence electrons. The van der Waals surface area contributed by atoms with Crippen molar-refractivity contribution in [2.24, 2.45) is 0 Å². The number of amides is 1. The molecule has 0 aliphatic carbocycles. The SMILES string of the molecule is O=C(c1cccc(Cl)c1)N(Cc1nc2ccccc2c(=O)[nH]1)CC1CCCO1. The lowest BCUT2D eigenvalue weighted by Gasteiger charge is -2.25. The first-order valence-electron chi connectivity index (χ1n) is 9.24. The largest absolute Gasteiger partial charge is 0.376 e. The van der Waals surface area contributed by atoms with Crippen molar-refractivity contribution in [3.05, 3.63) is 75.3 Å². The van der Waals surface area contributed by atoms with E-state index in [9.17, 15) is 9.59 Å². The monoisotopic (exact) mass is 397 g/mol. The minimum absolute atomic E-state index is 0.0182. The topological polar surface area (TPSA) is 75.3 Å². The Labute approximate surface area is 167 Å². The fraction of sp³-hybridized carbons (Fsp3) is 0.286. The van der Waals surface area contributed by atoms with E-state index in [0.29, 0.717) is 40.5 Å². The number of carbonyl (C=O) groups is 1. The number of benzene rings is 2. The molecule has 1 atom stereocenters. The predicted molar refractivity (Wildman–Crippen MR) is 108 cm³/mol. The van der Waals surface area contributed by atoms with Crippen LogP contribution in [0.1, 0.15) is 29.0 Å². The molecule has 1 saturated heterocycles. The van der Waals surface area contributed by atoms with E-state index in [1.54, 1.807) is 47.4 Å². The molecule has 0 spiro atoms. The summed E-state index contributed by atoms with van der Waals surface area (Å²) in [4.78, 5) is 34.5. The molecule has 1 aromatic heterocycles. The number of nitrogens with one attached hydrogen (secondary N) is 1. The Morgan fingerprint density at radius 3 is 2.89 bits per heavy atom. The van der Waals surface area contributed by atoms with Crippen molar-refractivity contribution >= 4 is 28.4 Å². The van der Waals surface area contributed by atoms with Gasteiger partial charge in [0.2, 0.25) is 0 Å². The van der Waals surface area contributed by atoms with Crippen LogP contribution in [0.4, 0.5) is 0 Å². The quantitative estimate of drug-likeness (QED) is 0.716. The maximum atomic E-state index is 13.1. The van der Waals surface area contributed by atoms with Crippen LogP contribution in [0.15, 0.2) is 53.3 Å². The van der Waals surface area contributed by atoms with E-state index in [1.807, 2.05) is 6.07 Å². The van der Waals surface area contributed by atoms with Crippen LogP contribution < -0.4 is 5.56 Å². The molecule has 0 bridgehead atoms.